The van der Waals surface area contributed by atoms with Crippen LogP contribution in [0, 0.1) is 30.8 Å². The average molecular weight is 664 g/mol. The van der Waals surface area contributed by atoms with Crippen LogP contribution in [0.3, 0.4) is 0 Å². The van der Waals surface area contributed by atoms with Crippen LogP contribution in [-0.4, -0.2) is 18.9 Å². The van der Waals surface area contributed by atoms with Crippen molar-refractivity contribution in [2.45, 2.75) is 42.9 Å². The van der Waals surface area contributed by atoms with Gasteiger partial charge in [0.05, 0.1) is 10.5 Å². The van der Waals surface area contributed by atoms with Crippen molar-refractivity contribution in [2.24, 2.45) is 23.7 Å². The summed E-state index contributed by atoms with van der Waals surface area (Å²) in [7, 11) is -4.38. The van der Waals surface area contributed by atoms with Crippen LogP contribution < -0.4 is 4.74 Å². The van der Waals surface area contributed by atoms with Gasteiger partial charge < -0.3 is 4.74 Å². The summed E-state index contributed by atoms with van der Waals surface area (Å²) in [5.41, 5.74) is 0.896. The van der Waals surface area contributed by atoms with Gasteiger partial charge in [0.1, 0.15) is 5.75 Å². The van der Waals surface area contributed by atoms with E-state index < -0.39 is 16.1 Å². The lowest BCUT2D eigenvalue weighted by Crippen LogP contribution is -2.44. The first-order chi connectivity index (χ1) is 14.7. The summed E-state index contributed by atoms with van der Waals surface area (Å²) in [5, 5.41) is 0. The average Bonchev–Trinajstić information content (AvgIpc) is 2.69. The first-order valence-corrected chi connectivity index (χ1v) is 14.1. The number of hydrogen-bond acceptors (Lipinski definition) is 4. The number of halogens is 2. The van der Waals surface area contributed by atoms with Crippen molar-refractivity contribution in [1.82, 2.24) is 0 Å². The van der Waals surface area contributed by atoms with Crippen molar-refractivity contribution in [3.05, 3.63) is 54.7 Å². The molecule has 0 aliphatic heterocycles. The summed E-state index contributed by atoms with van der Waals surface area (Å²) < 4.78 is 41.9. The zero-order valence-electron chi connectivity index (χ0n) is 16.6. The zero-order chi connectivity index (χ0) is 21.9. The summed E-state index contributed by atoms with van der Waals surface area (Å²) in [6.45, 7) is 0. The van der Waals surface area contributed by atoms with Crippen LogP contribution in [0.25, 0.3) is 0 Å². The van der Waals surface area contributed by atoms with Crippen LogP contribution in [0.2, 0.25) is 0 Å². The van der Waals surface area contributed by atoms with E-state index in [1.807, 2.05) is 6.07 Å². The van der Waals surface area contributed by atoms with Gasteiger partial charge in [-0.2, -0.15) is 8.42 Å². The van der Waals surface area contributed by atoms with E-state index in [0.717, 1.165) is 44.7 Å². The normalized spacial score (nSPS) is 29.2. The molecule has 4 bridgehead atoms. The fourth-order valence-corrected chi connectivity index (χ4v) is 7.87. The second kappa shape index (κ2) is 8.25. The van der Waals surface area contributed by atoms with Gasteiger partial charge in [0, 0.05) is 7.14 Å². The fraction of sp³-hybridized carbons (Fsp3) is 0.435. The fourth-order valence-electron chi connectivity index (χ4n) is 6.31. The standard InChI is InChI=1S/C23H22I2O5S/c24-19-3-2-17(11-20(19)25)30-23(26)14-1-4-21(31(27,28)29)18(10-14)22-15-6-12-5-13(8-15)9-16(22)7-12/h1-4,10-13,15-16,22H,5-9H2,(H,27,28,29). The Balaban J connectivity index is 1.50. The van der Waals surface area contributed by atoms with Gasteiger partial charge in [0.25, 0.3) is 10.1 Å². The summed E-state index contributed by atoms with van der Waals surface area (Å²) in [4.78, 5) is 12.8. The van der Waals surface area contributed by atoms with Gasteiger partial charge >= 0.3 is 5.97 Å². The molecule has 1 N–H and O–H groups in total. The Labute approximate surface area is 209 Å². The lowest BCUT2D eigenvalue weighted by Gasteiger charge is -2.54. The van der Waals surface area contributed by atoms with Crippen LogP contribution >= 0.6 is 45.2 Å². The minimum atomic E-state index is -4.38. The largest absolute Gasteiger partial charge is 0.423 e. The monoisotopic (exact) mass is 664 g/mol. The lowest BCUT2D eigenvalue weighted by molar-refractivity contribution is -0.00372. The molecule has 0 radical (unpaired) electrons. The maximum absolute atomic E-state index is 12.9. The first kappa shape index (κ1) is 22.1. The highest BCUT2D eigenvalue weighted by Gasteiger charge is 2.49. The number of ether oxygens (including phenoxy) is 1. The Hall–Kier alpha value is -0.720. The van der Waals surface area contributed by atoms with E-state index >= 15 is 0 Å². The molecule has 0 heterocycles. The molecule has 6 rings (SSSR count). The highest BCUT2D eigenvalue weighted by molar-refractivity contribution is 14.1. The second-order valence-corrected chi connectivity index (χ2v) is 12.9. The van der Waals surface area contributed by atoms with E-state index in [1.54, 1.807) is 18.2 Å². The number of benzene rings is 2. The third-order valence-electron chi connectivity index (χ3n) is 7.21. The Morgan fingerprint density at radius 2 is 1.55 bits per heavy atom. The van der Waals surface area contributed by atoms with E-state index in [2.05, 4.69) is 45.2 Å². The Morgan fingerprint density at radius 3 is 2.13 bits per heavy atom. The first-order valence-electron chi connectivity index (χ1n) is 10.5. The number of esters is 1. The molecule has 0 unspecified atom stereocenters. The molecule has 5 nitrogen and oxygen atoms in total. The molecule has 0 aromatic heterocycles. The highest BCUT2D eigenvalue weighted by atomic mass is 127. The van der Waals surface area contributed by atoms with Crippen molar-refractivity contribution in [2.75, 3.05) is 0 Å². The molecule has 2 aromatic rings. The minimum Gasteiger partial charge on any atom is -0.423 e. The maximum atomic E-state index is 12.9. The van der Waals surface area contributed by atoms with Crippen LogP contribution in [0.1, 0.15) is 53.9 Å². The Bertz CT molecular complexity index is 1130. The maximum Gasteiger partial charge on any atom is 0.343 e. The number of carbonyl (C=O) groups excluding carboxylic acids is 1. The third kappa shape index (κ3) is 4.29. The number of rotatable bonds is 4. The van der Waals surface area contributed by atoms with Crippen LogP contribution in [-0.2, 0) is 10.1 Å². The second-order valence-electron chi connectivity index (χ2n) is 9.15. The molecule has 0 amide bonds. The van der Waals surface area contributed by atoms with E-state index in [0.29, 0.717) is 28.7 Å². The van der Waals surface area contributed by atoms with Crippen LogP contribution in [0.15, 0.2) is 41.3 Å². The van der Waals surface area contributed by atoms with Crippen molar-refractivity contribution in [3.8, 4) is 5.75 Å². The van der Waals surface area contributed by atoms with Gasteiger partial charge in [-0.15, -0.1) is 0 Å². The lowest BCUT2D eigenvalue weighted by atomic mass is 9.50. The SMILES string of the molecule is O=C(Oc1ccc(I)c(I)c1)c1ccc(S(=O)(=O)O)c(C2C3CC4CC(C3)CC2C4)c1. The molecule has 8 heteroatoms. The van der Waals surface area contributed by atoms with Gasteiger partial charge in [-0.25, -0.2) is 4.79 Å². The van der Waals surface area contributed by atoms with Crippen molar-refractivity contribution < 1.29 is 22.5 Å². The Kier molecular flexibility index (Phi) is 5.88. The Morgan fingerprint density at radius 1 is 0.903 bits per heavy atom. The molecular weight excluding hydrogens is 642 g/mol. The molecule has 4 aliphatic carbocycles. The zero-order valence-corrected chi connectivity index (χ0v) is 21.8. The van der Waals surface area contributed by atoms with Crippen LogP contribution in [0.5, 0.6) is 5.75 Å². The number of hydrogen-bond donors (Lipinski definition) is 1. The molecule has 0 atom stereocenters. The van der Waals surface area contributed by atoms with E-state index in [4.69, 9.17) is 4.74 Å². The van der Waals surface area contributed by atoms with Gasteiger partial charge in [-0.1, -0.05) is 0 Å². The third-order valence-corrected chi connectivity index (χ3v) is 11.0. The molecule has 4 fully saturated rings. The minimum absolute atomic E-state index is 0.0645. The molecule has 2 aromatic carbocycles. The van der Waals surface area contributed by atoms with E-state index in [-0.39, 0.29) is 10.8 Å². The summed E-state index contributed by atoms with van der Waals surface area (Å²) >= 11 is 4.40. The summed E-state index contributed by atoms with van der Waals surface area (Å²) in [6.07, 6.45) is 5.74. The predicted molar refractivity (Wildman–Crippen MR) is 133 cm³/mol. The molecule has 31 heavy (non-hydrogen) atoms. The molecule has 0 saturated heterocycles. The molecule has 4 aliphatic rings. The van der Waals surface area contributed by atoms with Crippen molar-refractivity contribution in [3.63, 3.8) is 0 Å². The van der Waals surface area contributed by atoms with Crippen molar-refractivity contribution >= 4 is 61.3 Å². The van der Waals surface area contributed by atoms with Gasteiger partial charge in [-0.05, 0) is 149 Å². The van der Waals surface area contributed by atoms with E-state index in [9.17, 15) is 17.8 Å². The quantitative estimate of drug-likeness (QED) is 0.191. The smallest absolute Gasteiger partial charge is 0.343 e. The van der Waals surface area contributed by atoms with Gasteiger partial charge in [0.2, 0.25) is 0 Å². The summed E-state index contributed by atoms with van der Waals surface area (Å²) in [6, 6.07) is 9.87. The predicted octanol–water partition coefficient (Wildman–Crippen LogP) is 5.90. The highest BCUT2D eigenvalue weighted by Crippen LogP contribution is 2.60. The van der Waals surface area contributed by atoms with Gasteiger partial charge in [0.15, 0.2) is 0 Å². The molecular formula is C23H22I2O5S. The molecule has 164 valence electrons. The summed E-state index contributed by atoms with van der Waals surface area (Å²) in [5.74, 6) is 2.31. The van der Waals surface area contributed by atoms with Crippen molar-refractivity contribution in [1.29, 1.82) is 0 Å². The molecule has 0 spiro atoms. The van der Waals surface area contributed by atoms with Gasteiger partial charge in [-0.3, -0.25) is 4.55 Å². The van der Waals surface area contributed by atoms with E-state index in [1.165, 1.54) is 18.6 Å². The molecule has 4 saturated carbocycles. The van der Waals surface area contributed by atoms with Crippen LogP contribution in [0.4, 0.5) is 0 Å². The number of carbonyl (C=O) groups is 1. The topological polar surface area (TPSA) is 80.7 Å².